The lowest BCUT2D eigenvalue weighted by Crippen LogP contribution is -2.32. The van der Waals surface area contributed by atoms with Crippen molar-refractivity contribution in [2.45, 2.75) is 19.4 Å². The molecule has 0 saturated carbocycles. The summed E-state index contributed by atoms with van der Waals surface area (Å²) in [5.41, 5.74) is 8.43. The number of thiophene rings is 1. The molecule has 150 valence electrons. The van der Waals surface area contributed by atoms with Gasteiger partial charge in [-0.2, -0.15) is 0 Å². The van der Waals surface area contributed by atoms with E-state index in [9.17, 15) is 14.0 Å². The van der Waals surface area contributed by atoms with E-state index in [1.165, 1.54) is 29.0 Å². The summed E-state index contributed by atoms with van der Waals surface area (Å²) in [6, 6.07) is 15.5. The molecule has 3 aromatic rings. The molecule has 0 aliphatic rings. The number of hydrogen-bond donors (Lipinski definition) is 3. The van der Waals surface area contributed by atoms with Crippen LogP contribution in [0.15, 0.2) is 60.0 Å². The number of nitrogens with two attached hydrogens (primary N) is 1. The van der Waals surface area contributed by atoms with Crippen molar-refractivity contribution >= 4 is 28.2 Å². The van der Waals surface area contributed by atoms with Crippen LogP contribution in [0.2, 0.25) is 0 Å². The summed E-state index contributed by atoms with van der Waals surface area (Å²) < 4.78 is 13.8. The molecule has 0 fully saturated rings. The highest BCUT2D eigenvalue weighted by atomic mass is 32.1. The number of hydrogen-bond acceptors (Lipinski definition) is 4. The highest BCUT2D eigenvalue weighted by molar-refractivity contribution is 7.14. The van der Waals surface area contributed by atoms with Gasteiger partial charge in [0.1, 0.15) is 10.8 Å². The standard InChI is InChI=1S/C22H22FN3O2S/c1-2-14-6-8-15(9-7-14)20(16-4-3-5-17(23)12-16)25-13-19(27)26-22-18(21(24)28)10-11-29-22/h3-12,20,25H,2,13H2,1H3,(H2,24,28)(H,26,27). The Kier molecular flexibility index (Phi) is 6.74. The minimum Gasteiger partial charge on any atom is -0.366 e. The molecule has 1 unspecified atom stereocenters. The molecule has 7 heteroatoms. The summed E-state index contributed by atoms with van der Waals surface area (Å²) in [5.74, 6) is -1.25. The number of nitrogens with one attached hydrogen (secondary N) is 2. The molecule has 2 amide bonds. The molecule has 29 heavy (non-hydrogen) atoms. The SMILES string of the molecule is CCc1ccc(C(NCC(=O)Nc2sccc2C(N)=O)c2cccc(F)c2)cc1. The molecule has 5 nitrogen and oxygen atoms in total. The summed E-state index contributed by atoms with van der Waals surface area (Å²) in [7, 11) is 0. The Morgan fingerprint density at radius 1 is 1.10 bits per heavy atom. The molecular formula is C22H22FN3O2S. The molecule has 2 aromatic carbocycles. The maximum atomic E-state index is 13.8. The lowest BCUT2D eigenvalue weighted by Gasteiger charge is -2.20. The van der Waals surface area contributed by atoms with Gasteiger partial charge in [0.15, 0.2) is 0 Å². The average molecular weight is 412 g/mol. The zero-order chi connectivity index (χ0) is 20.8. The van der Waals surface area contributed by atoms with Crippen LogP contribution < -0.4 is 16.4 Å². The molecule has 3 rings (SSSR count). The predicted molar refractivity (Wildman–Crippen MR) is 114 cm³/mol. The molecule has 0 radical (unpaired) electrons. The van der Waals surface area contributed by atoms with Crippen molar-refractivity contribution in [1.29, 1.82) is 0 Å². The molecule has 1 heterocycles. The number of anilines is 1. The van der Waals surface area contributed by atoms with E-state index >= 15 is 0 Å². The van der Waals surface area contributed by atoms with Gasteiger partial charge in [0.25, 0.3) is 5.91 Å². The number of carbonyl (C=O) groups excluding carboxylic acids is 2. The van der Waals surface area contributed by atoms with Gasteiger partial charge in [0.2, 0.25) is 5.91 Å². The number of amides is 2. The highest BCUT2D eigenvalue weighted by Crippen LogP contribution is 2.24. The van der Waals surface area contributed by atoms with Gasteiger partial charge in [0.05, 0.1) is 18.2 Å². The van der Waals surface area contributed by atoms with Crippen LogP contribution >= 0.6 is 11.3 Å². The third kappa shape index (κ3) is 5.28. The second-order valence-electron chi connectivity index (χ2n) is 6.54. The van der Waals surface area contributed by atoms with Crippen LogP contribution in [0.3, 0.4) is 0 Å². The maximum Gasteiger partial charge on any atom is 0.251 e. The summed E-state index contributed by atoms with van der Waals surface area (Å²) in [5, 5.41) is 7.99. The Labute approximate surface area is 172 Å². The second-order valence-corrected chi connectivity index (χ2v) is 7.46. The lowest BCUT2D eigenvalue weighted by molar-refractivity contribution is -0.115. The van der Waals surface area contributed by atoms with Gasteiger partial charge in [0, 0.05) is 0 Å². The summed E-state index contributed by atoms with van der Waals surface area (Å²) in [6.45, 7) is 2.05. The summed E-state index contributed by atoms with van der Waals surface area (Å²) >= 11 is 1.23. The van der Waals surface area contributed by atoms with Gasteiger partial charge in [-0.3, -0.25) is 14.9 Å². The van der Waals surface area contributed by atoms with Crippen LogP contribution in [0.4, 0.5) is 9.39 Å². The zero-order valence-electron chi connectivity index (χ0n) is 15.9. The third-order valence-electron chi connectivity index (χ3n) is 4.55. The van der Waals surface area contributed by atoms with Crippen molar-refractivity contribution in [1.82, 2.24) is 5.32 Å². The zero-order valence-corrected chi connectivity index (χ0v) is 16.8. The molecule has 0 spiro atoms. The van der Waals surface area contributed by atoms with Crippen molar-refractivity contribution in [3.05, 3.63) is 88.0 Å². The van der Waals surface area contributed by atoms with Gasteiger partial charge in [-0.15, -0.1) is 11.3 Å². The predicted octanol–water partition coefficient (Wildman–Crippen LogP) is 3.87. The summed E-state index contributed by atoms with van der Waals surface area (Å²) in [6.07, 6.45) is 0.920. The van der Waals surface area contributed by atoms with Crippen molar-refractivity contribution in [2.75, 3.05) is 11.9 Å². The van der Waals surface area contributed by atoms with E-state index < -0.39 is 5.91 Å². The van der Waals surface area contributed by atoms with E-state index in [4.69, 9.17) is 5.73 Å². The Morgan fingerprint density at radius 2 is 1.86 bits per heavy atom. The van der Waals surface area contributed by atoms with E-state index in [1.807, 2.05) is 30.3 Å². The number of halogens is 1. The van der Waals surface area contributed by atoms with Crippen LogP contribution in [0, 0.1) is 5.82 Å². The van der Waals surface area contributed by atoms with E-state index in [0.717, 1.165) is 17.5 Å². The number of benzene rings is 2. The average Bonchev–Trinajstić information content (AvgIpc) is 3.17. The van der Waals surface area contributed by atoms with Crippen LogP contribution in [0.5, 0.6) is 0 Å². The molecule has 1 atom stereocenters. The first-order chi connectivity index (χ1) is 14.0. The number of primary amides is 1. The van der Waals surface area contributed by atoms with Crippen molar-refractivity contribution < 1.29 is 14.0 Å². The fraction of sp³-hybridized carbons (Fsp3) is 0.182. The van der Waals surface area contributed by atoms with Crippen LogP contribution in [-0.2, 0) is 11.2 Å². The Bertz CT molecular complexity index is 1000. The van der Waals surface area contributed by atoms with E-state index in [-0.39, 0.29) is 29.9 Å². The number of rotatable bonds is 8. The second kappa shape index (κ2) is 9.45. The molecule has 4 N–H and O–H groups in total. The quantitative estimate of drug-likeness (QED) is 0.526. The van der Waals surface area contributed by atoms with E-state index in [2.05, 4.69) is 17.6 Å². The van der Waals surface area contributed by atoms with Gasteiger partial charge in [-0.05, 0) is 46.7 Å². The van der Waals surface area contributed by atoms with Crippen molar-refractivity contribution in [3.63, 3.8) is 0 Å². The normalized spacial score (nSPS) is 11.8. The van der Waals surface area contributed by atoms with Crippen LogP contribution in [-0.4, -0.2) is 18.4 Å². The maximum absolute atomic E-state index is 13.8. The largest absolute Gasteiger partial charge is 0.366 e. The fourth-order valence-electron chi connectivity index (χ4n) is 3.03. The fourth-order valence-corrected chi connectivity index (χ4v) is 3.83. The lowest BCUT2D eigenvalue weighted by atomic mass is 9.97. The first kappa shape index (κ1) is 20.7. The minimum atomic E-state index is -0.594. The van der Waals surface area contributed by atoms with E-state index in [1.54, 1.807) is 17.5 Å². The molecule has 0 bridgehead atoms. The van der Waals surface area contributed by atoms with Gasteiger partial charge in [-0.25, -0.2) is 4.39 Å². The van der Waals surface area contributed by atoms with Crippen LogP contribution in [0.25, 0.3) is 0 Å². The number of carbonyl (C=O) groups is 2. The van der Waals surface area contributed by atoms with Gasteiger partial charge in [-0.1, -0.05) is 43.3 Å². The van der Waals surface area contributed by atoms with Crippen molar-refractivity contribution in [2.24, 2.45) is 5.73 Å². The molecular weight excluding hydrogens is 389 g/mol. The van der Waals surface area contributed by atoms with Gasteiger partial charge >= 0.3 is 0 Å². The Morgan fingerprint density at radius 3 is 2.52 bits per heavy atom. The highest BCUT2D eigenvalue weighted by Gasteiger charge is 2.17. The first-order valence-corrected chi connectivity index (χ1v) is 10.1. The Balaban J connectivity index is 1.76. The third-order valence-corrected chi connectivity index (χ3v) is 5.38. The smallest absolute Gasteiger partial charge is 0.251 e. The van der Waals surface area contributed by atoms with Gasteiger partial charge < -0.3 is 11.1 Å². The molecule has 0 saturated heterocycles. The summed E-state index contributed by atoms with van der Waals surface area (Å²) in [4.78, 5) is 23.8. The van der Waals surface area contributed by atoms with Crippen LogP contribution in [0.1, 0.15) is 40.0 Å². The molecule has 1 aromatic heterocycles. The molecule has 0 aliphatic heterocycles. The van der Waals surface area contributed by atoms with E-state index in [0.29, 0.717) is 5.00 Å². The first-order valence-electron chi connectivity index (χ1n) is 9.22. The topological polar surface area (TPSA) is 84.2 Å². The van der Waals surface area contributed by atoms with Crippen molar-refractivity contribution in [3.8, 4) is 0 Å². The minimum absolute atomic E-state index is 0.0210. The molecule has 0 aliphatic carbocycles. The Hall–Kier alpha value is -3.03. The monoisotopic (exact) mass is 411 g/mol. The number of aryl methyl sites for hydroxylation is 1.